The van der Waals surface area contributed by atoms with Gasteiger partial charge in [-0.05, 0) is 56.2 Å². The van der Waals surface area contributed by atoms with E-state index in [4.69, 9.17) is 5.26 Å². The quantitative estimate of drug-likeness (QED) is 0.602. The zero-order valence-electron chi connectivity index (χ0n) is 17.2. The monoisotopic (exact) mass is 386 g/mol. The van der Waals surface area contributed by atoms with Crippen molar-refractivity contribution in [1.82, 2.24) is 14.5 Å². The number of amides is 1. The standard InChI is InChI=1S/C24H26N4O/c1-4-13-27(16-21-10-8-20(15-25)9-11-21)24(29)23-14-18(2)28(19(23)3)17-22-7-5-6-12-26-22/h5-12,14H,4,13,16-17H2,1-3H3. The average molecular weight is 386 g/mol. The molecule has 148 valence electrons. The first-order chi connectivity index (χ1) is 14.0. The molecule has 2 heterocycles. The van der Waals surface area contributed by atoms with Crippen molar-refractivity contribution in [2.45, 2.75) is 40.3 Å². The van der Waals surface area contributed by atoms with Gasteiger partial charge in [-0.3, -0.25) is 9.78 Å². The smallest absolute Gasteiger partial charge is 0.255 e. The van der Waals surface area contributed by atoms with Crippen LogP contribution < -0.4 is 0 Å². The van der Waals surface area contributed by atoms with Crippen molar-refractivity contribution in [3.63, 3.8) is 0 Å². The predicted octanol–water partition coefficient (Wildman–Crippen LogP) is 4.47. The molecule has 0 radical (unpaired) electrons. The SMILES string of the molecule is CCCN(Cc1ccc(C#N)cc1)C(=O)c1cc(C)n(Cc2ccccn2)c1C. The number of hydrogen-bond acceptors (Lipinski definition) is 3. The highest BCUT2D eigenvalue weighted by molar-refractivity contribution is 5.95. The van der Waals surface area contributed by atoms with Crippen LogP contribution in [-0.2, 0) is 13.1 Å². The van der Waals surface area contributed by atoms with E-state index in [0.29, 0.717) is 25.2 Å². The van der Waals surface area contributed by atoms with Crippen molar-refractivity contribution in [2.24, 2.45) is 0 Å². The minimum Gasteiger partial charge on any atom is -0.342 e. The maximum atomic E-state index is 13.3. The Morgan fingerprint density at radius 3 is 2.55 bits per heavy atom. The molecule has 0 N–H and O–H groups in total. The molecule has 29 heavy (non-hydrogen) atoms. The molecule has 3 rings (SSSR count). The number of aromatic nitrogens is 2. The summed E-state index contributed by atoms with van der Waals surface area (Å²) in [5.41, 5.74) is 5.36. The van der Waals surface area contributed by atoms with E-state index in [9.17, 15) is 4.79 Å². The highest BCUT2D eigenvalue weighted by Gasteiger charge is 2.21. The number of carbonyl (C=O) groups is 1. The van der Waals surface area contributed by atoms with Crippen LogP contribution in [0.25, 0.3) is 0 Å². The van der Waals surface area contributed by atoms with Gasteiger partial charge in [-0.1, -0.05) is 25.1 Å². The van der Waals surface area contributed by atoms with Crippen LogP contribution in [0.5, 0.6) is 0 Å². The molecule has 5 nitrogen and oxygen atoms in total. The van der Waals surface area contributed by atoms with Crippen molar-refractivity contribution < 1.29 is 4.79 Å². The van der Waals surface area contributed by atoms with E-state index in [0.717, 1.165) is 34.6 Å². The zero-order valence-corrected chi connectivity index (χ0v) is 17.2. The molecule has 0 atom stereocenters. The van der Waals surface area contributed by atoms with Crippen molar-refractivity contribution in [1.29, 1.82) is 5.26 Å². The summed E-state index contributed by atoms with van der Waals surface area (Å²) in [6, 6.07) is 17.4. The molecule has 0 bridgehead atoms. The molecule has 2 aromatic heterocycles. The second-order valence-corrected chi connectivity index (χ2v) is 7.23. The van der Waals surface area contributed by atoms with Gasteiger partial charge < -0.3 is 9.47 Å². The molecule has 0 saturated carbocycles. The Kier molecular flexibility index (Phi) is 6.46. The molecule has 0 saturated heterocycles. The molecule has 0 aliphatic rings. The first-order valence-electron chi connectivity index (χ1n) is 9.88. The van der Waals surface area contributed by atoms with Gasteiger partial charge in [0.05, 0.1) is 29.4 Å². The average Bonchev–Trinajstić information content (AvgIpc) is 3.02. The third-order valence-corrected chi connectivity index (χ3v) is 5.09. The molecule has 0 unspecified atom stereocenters. The molecular weight excluding hydrogens is 360 g/mol. The highest BCUT2D eigenvalue weighted by atomic mass is 16.2. The molecular formula is C24H26N4O. The Morgan fingerprint density at radius 2 is 1.93 bits per heavy atom. The molecule has 0 spiro atoms. The maximum Gasteiger partial charge on any atom is 0.255 e. The van der Waals surface area contributed by atoms with Crippen LogP contribution in [0.4, 0.5) is 0 Å². The van der Waals surface area contributed by atoms with Gasteiger partial charge in [0, 0.05) is 30.7 Å². The summed E-state index contributed by atoms with van der Waals surface area (Å²) < 4.78 is 2.14. The lowest BCUT2D eigenvalue weighted by Gasteiger charge is -2.22. The van der Waals surface area contributed by atoms with E-state index in [1.165, 1.54) is 0 Å². The van der Waals surface area contributed by atoms with Gasteiger partial charge >= 0.3 is 0 Å². The van der Waals surface area contributed by atoms with E-state index < -0.39 is 0 Å². The van der Waals surface area contributed by atoms with Gasteiger partial charge in [0.15, 0.2) is 0 Å². The Morgan fingerprint density at radius 1 is 1.17 bits per heavy atom. The molecule has 1 aromatic carbocycles. The van der Waals surface area contributed by atoms with Crippen LogP contribution in [0.2, 0.25) is 0 Å². The lowest BCUT2D eigenvalue weighted by atomic mass is 10.1. The Balaban J connectivity index is 1.84. The van der Waals surface area contributed by atoms with Crippen LogP contribution in [0, 0.1) is 25.2 Å². The number of carbonyl (C=O) groups excluding carboxylic acids is 1. The Hall–Kier alpha value is -3.39. The third-order valence-electron chi connectivity index (χ3n) is 5.09. The summed E-state index contributed by atoms with van der Waals surface area (Å²) in [7, 11) is 0. The number of rotatable bonds is 7. The minimum absolute atomic E-state index is 0.0385. The lowest BCUT2D eigenvalue weighted by molar-refractivity contribution is 0.0742. The molecule has 3 aromatic rings. The fourth-order valence-corrected chi connectivity index (χ4v) is 3.51. The van der Waals surface area contributed by atoms with E-state index in [1.54, 1.807) is 18.3 Å². The number of hydrogen-bond donors (Lipinski definition) is 0. The van der Waals surface area contributed by atoms with Crippen molar-refractivity contribution in [3.05, 3.63) is 88.5 Å². The minimum atomic E-state index is 0.0385. The summed E-state index contributed by atoms with van der Waals surface area (Å²) in [5.74, 6) is 0.0385. The number of nitriles is 1. The van der Waals surface area contributed by atoms with E-state index in [-0.39, 0.29) is 5.91 Å². The second kappa shape index (κ2) is 9.20. The molecule has 0 aliphatic heterocycles. The van der Waals surface area contributed by atoms with Crippen LogP contribution in [0.15, 0.2) is 54.7 Å². The third kappa shape index (κ3) is 4.72. The van der Waals surface area contributed by atoms with Crippen LogP contribution in [0.1, 0.15) is 51.9 Å². The van der Waals surface area contributed by atoms with E-state index >= 15 is 0 Å². The van der Waals surface area contributed by atoms with Crippen LogP contribution in [-0.4, -0.2) is 26.9 Å². The fraction of sp³-hybridized carbons (Fsp3) is 0.292. The second-order valence-electron chi connectivity index (χ2n) is 7.23. The van der Waals surface area contributed by atoms with Gasteiger partial charge in [-0.15, -0.1) is 0 Å². The van der Waals surface area contributed by atoms with Gasteiger partial charge in [-0.2, -0.15) is 5.26 Å². The summed E-state index contributed by atoms with van der Waals surface area (Å²) in [4.78, 5) is 19.6. The fourth-order valence-electron chi connectivity index (χ4n) is 3.51. The Labute approximate surface area is 172 Å². The van der Waals surface area contributed by atoms with Crippen LogP contribution in [0.3, 0.4) is 0 Å². The molecule has 0 fully saturated rings. The topological polar surface area (TPSA) is 61.9 Å². The van der Waals surface area contributed by atoms with Crippen molar-refractivity contribution in [2.75, 3.05) is 6.54 Å². The maximum absolute atomic E-state index is 13.3. The zero-order chi connectivity index (χ0) is 20.8. The van der Waals surface area contributed by atoms with Gasteiger partial charge in [0.2, 0.25) is 0 Å². The summed E-state index contributed by atoms with van der Waals surface area (Å²) >= 11 is 0. The van der Waals surface area contributed by atoms with Crippen molar-refractivity contribution in [3.8, 4) is 6.07 Å². The first kappa shape index (κ1) is 20.3. The van der Waals surface area contributed by atoms with Gasteiger partial charge in [0.1, 0.15) is 0 Å². The normalized spacial score (nSPS) is 10.6. The number of pyridine rings is 1. The van der Waals surface area contributed by atoms with Crippen LogP contribution >= 0.6 is 0 Å². The summed E-state index contributed by atoms with van der Waals surface area (Å²) in [6.07, 6.45) is 2.67. The Bertz CT molecular complexity index is 1010. The van der Waals surface area contributed by atoms with Crippen molar-refractivity contribution >= 4 is 5.91 Å². The number of aryl methyl sites for hydroxylation is 1. The lowest BCUT2D eigenvalue weighted by Crippen LogP contribution is -2.31. The summed E-state index contributed by atoms with van der Waals surface area (Å²) in [6.45, 7) is 7.95. The summed E-state index contributed by atoms with van der Waals surface area (Å²) in [5, 5.41) is 8.97. The van der Waals surface area contributed by atoms with E-state index in [2.05, 4.69) is 22.5 Å². The number of nitrogens with zero attached hydrogens (tertiary/aromatic N) is 4. The van der Waals surface area contributed by atoms with E-state index in [1.807, 2.05) is 55.1 Å². The first-order valence-corrected chi connectivity index (χ1v) is 9.88. The molecule has 5 heteroatoms. The molecule has 1 amide bonds. The molecule has 0 aliphatic carbocycles. The van der Waals surface area contributed by atoms with Gasteiger partial charge in [-0.25, -0.2) is 0 Å². The predicted molar refractivity (Wildman–Crippen MR) is 113 cm³/mol. The number of benzene rings is 1. The van der Waals surface area contributed by atoms with Gasteiger partial charge in [0.25, 0.3) is 5.91 Å². The highest BCUT2D eigenvalue weighted by Crippen LogP contribution is 2.20. The largest absolute Gasteiger partial charge is 0.342 e.